The number of benzene rings is 5. The van der Waals surface area contributed by atoms with Gasteiger partial charge in [-0.15, -0.1) is 0 Å². The maximum atomic E-state index is 9.16. The third kappa shape index (κ3) is 5.19. The van der Waals surface area contributed by atoms with Crippen LogP contribution in [0.5, 0.6) is 0 Å². The number of aromatic nitrogens is 2. The lowest BCUT2D eigenvalue weighted by Crippen LogP contribution is -2.23. The Bertz CT molecular complexity index is 2500. The molecule has 0 aliphatic heterocycles. The van der Waals surface area contributed by atoms with Crippen LogP contribution in [0.4, 0.5) is 0 Å². The molecule has 3 nitrogen and oxygen atoms in total. The van der Waals surface area contributed by atoms with Gasteiger partial charge in [0.15, 0.2) is 0 Å². The maximum Gasteiger partial charge on any atom is 0.149 e. The highest BCUT2D eigenvalue weighted by molar-refractivity contribution is 6.75. The summed E-state index contributed by atoms with van der Waals surface area (Å²) in [5.41, 5.74) is 6.98. The van der Waals surface area contributed by atoms with Gasteiger partial charge in [-0.05, 0) is 71.2 Å². The Labute approximate surface area is 283 Å². The zero-order valence-electron chi connectivity index (χ0n) is 34.5. The van der Waals surface area contributed by atoms with Gasteiger partial charge in [0.2, 0.25) is 0 Å². The second-order valence-electron chi connectivity index (χ2n) is 13.6. The minimum atomic E-state index is -2.53. The van der Waals surface area contributed by atoms with E-state index in [0.29, 0.717) is 39.0 Å². The number of hydrogen-bond donors (Lipinski definition) is 0. The van der Waals surface area contributed by atoms with E-state index in [2.05, 4.69) is 0 Å². The summed E-state index contributed by atoms with van der Waals surface area (Å²) in [5.74, 6) is -2.92. The van der Waals surface area contributed by atoms with Crippen LogP contribution in [-0.4, -0.2) is 17.6 Å². The van der Waals surface area contributed by atoms with E-state index in [1.54, 1.807) is 24.3 Å². The van der Waals surface area contributed by atoms with E-state index in [9.17, 15) is 0 Å². The zero-order chi connectivity index (χ0) is 38.5. The van der Waals surface area contributed by atoms with Crippen molar-refractivity contribution in [2.45, 2.75) is 72.0 Å². The second kappa shape index (κ2) is 11.4. The third-order valence-corrected chi connectivity index (χ3v) is 9.56. The fraction of sp³-hybridized carbons (Fsp3) is 0.262. The Balaban J connectivity index is 1.52. The molecule has 5 aromatic carbocycles. The fourth-order valence-corrected chi connectivity index (χ4v) is 7.50. The van der Waals surface area contributed by atoms with E-state index in [0.717, 1.165) is 33.2 Å². The quantitative estimate of drug-likeness (QED) is 0.165. The predicted octanol–water partition coefficient (Wildman–Crippen LogP) is 12.2. The normalized spacial score (nSPS) is 15.7. The maximum absolute atomic E-state index is 9.16. The van der Waals surface area contributed by atoms with Crippen molar-refractivity contribution in [2.24, 2.45) is 0 Å². The molecule has 232 valence electrons. The van der Waals surface area contributed by atoms with Gasteiger partial charge in [0.25, 0.3) is 0 Å². The number of para-hydroxylation sites is 4. The minimum absolute atomic E-state index is 0.0890. The van der Waals surface area contributed by atoms with E-state index in [4.69, 9.17) is 19.0 Å². The average Bonchev–Trinajstić information content (AvgIpc) is 3.64. The molecule has 7 aromatic rings. The van der Waals surface area contributed by atoms with Crippen molar-refractivity contribution < 1.29 is 14.0 Å². The topological polar surface area (TPSA) is 31.0 Å². The van der Waals surface area contributed by atoms with Crippen LogP contribution in [0.2, 0.25) is 19.6 Å². The van der Waals surface area contributed by atoms with Crippen LogP contribution in [-0.2, 0) is 6.00 Å². The molecule has 7 rings (SSSR count). The zero-order valence-corrected chi connectivity index (χ0v) is 28.5. The molecule has 0 aliphatic rings. The Morgan fingerprint density at radius 3 is 2.11 bits per heavy atom. The first-order valence-corrected chi connectivity index (χ1v) is 19.3. The van der Waals surface area contributed by atoms with Crippen LogP contribution >= 0.6 is 0 Å². The summed E-state index contributed by atoms with van der Waals surface area (Å²) in [6, 6.07) is 30.2. The van der Waals surface area contributed by atoms with Crippen molar-refractivity contribution >= 4 is 41.0 Å². The van der Waals surface area contributed by atoms with Crippen molar-refractivity contribution in [2.75, 3.05) is 0 Å². The first-order chi connectivity index (χ1) is 24.6. The van der Waals surface area contributed by atoms with Crippen molar-refractivity contribution in [3.63, 3.8) is 0 Å². The van der Waals surface area contributed by atoms with E-state index < -0.39 is 32.7 Å². The van der Waals surface area contributed by atoms with E-state index in [1.807, 2.05) is 125 Å². The van der Waals surface area contributed by atoms with Crippen LogP contribution in [0.15, 0.2) is 101 Å². The molecule has 0 saturated carbocycles. The Morgan fingerprint density at radius 2 is 1.43 bits per heavy atom. The number of imidazole rings is 1. The Kier molecular flexibility index (Phi) is 5.71. The van der Waals surface area contributed by atoms with E-state index in [1.165, 1.54) is 0 Å². The highest BCUT2D eigenvalue weighted by atomic mass is 28.3. The van der Waals surface area contributed by atoms with Gasteiger partial charge in [0.05, 0.1) is 22.3 Å². The molecular weight excluding hydrogens is 577 g/mol. The number of furan rings is 1. The molecule has 0 bridgehead atoms. The summed E-state index contributed by atoms with van der Waals surface area (Å²) in [7, 11) is -2.21. The SMILES string of the molecule is [2H]C([2H])([2H])c1c(-c2ccc(C([2H])([2H])[Si](C)(C)C)cc2)ccc2c1oc1c(-c3nc4ccccc4n3-c3c(C([2H])(C)C)cccc3C([2H])(C)C)cccc12. The molecule has 0 amide bonds. The van der Waals surface area contributed by atoms with E-state index in [-0.39, 0.29) is 11.1 Å². The second-order valence-corrected chi connectivity index (χ2v) is 18.3. The molecule has 0 unspecified atom stereocenters. The Morgan fingerprint density at radius 1 is 0.761 bits per heavy atom. The molecule has 0 saturated heterocycles. The van der Waals surface area contributed by atoms with Gasteiger partial charge in [0, 0.05) is 34.0 Å². The van der Waals surface area contributed by atoms with Gasteiger partial charge in [-0.2, -0.15) is 0 Å². The average molecular weight is 628 g/mol. The summed E-state index contributed by atoms with van der Waals surface area (Å²) < 4.78 is 70.8. The highest BCUT2D eigenvalue weighted by Crippen LogP contribution is 2.42. The van der Waals surface area contributed by atoms with Crippen molar-refractivity contribution in [1.82, 2.24) is 9.55 Å². The smallest absolute Gasteiger partial charge is 0.149 e. The highest BCUT2D eigenvalue weighted by Gasteiger charge is 2.25. The Hall–Kier alpha value is -4.41. The molecule has 4 heteroatoms. The van der Waals surface area contributed by atoms with Crippen LogP contribution in [0, 0.1) is 6.85 Å². The van der Waals surface area contributed by atoms with Gasteiger partial charge >= 0.3 is 0 Å². The van der Waals surface area contributed by atoms with Gasteiger partial charge in [-0.3, -0.25) is 4.57 Å². The predicted molar refractivity (Wildman–Crippen MR) is 199 cm³/mol. The van der Waals surface area contributed by atoms with Crippen LogP contribution in [0.1, 0.15) is 71.3 Å². The van der Waals surface area contributed by atoms with E-state index >= 15 is 0 Å². The first kappa shape index (κ1) is 23.0. The summed E-state index contributed by atoms with van der Waals surface area (Å²) >= 11 is 0. The standard InChI is InChI=1S/C42H44N2OSi/c1-26(2)31-13-11-14-32(27(3)4)39(31)44-38-18-10-9-17-37(38)43-42(44)36-16-12-15-34-35-24-23-33(28(5)40(35)45-41(34)36)30-21-19-29(20-22-30)25-46(6,7)8/h9-24,26-27H,25H2,1-8H3/i5D3,25D2,26D,27D. The van der Waals surface area contributed by atoms with Crippen LogP contribution in [0.25, 0.3) is 61.2 Å². The van der Waals surface area contributed by atoms with Crippen molar-refractivity contribution in [3.05, 3.63) is 119 Å². The lowest BCUT2D eigenvalue weighted by Gasteiger charge is -2.22. The van der Waals surface area contributed by atoms with Gasteiger partial charge in [-0.25, -0.2) is 4.98 Å². The largest absolute Gasteiger partial charge is 0.455 e. The monoisotopic (exact) mass is 627 g/mol. The fourth-order valence-electron chi connectivity index (χ4n) is 6.47. The van der Waals surface area contributed by atoms with Crippen LogP contribution in [0.3, 0.4) is 0 Å². The number of aryl methyl sites for hydroxylation is 1. The van der Waals surface area contributed by atoms with Crippen molar-refractivity contribution in [3.8, 4) is 28.2 Å². The molecule has 0 spiro atoms. The van der Waals surface area contributed by atoms with Crippen molar-refractivity contribution in [1.29, 1.82) is 0 Å². The molecular formula is C42H44N2OSi. The molecule has 0 fully saturated rings. The number of hydrogen-bond acceptors (Lipinski definition) is 2. The molecule has 46 heavy (non-hydrogen) atoms. The number of rotatable bonds is 7. The van der Waals surface area contributed by atoms with Gasteiger partial charge in [-0.1, -0.05) is 126 Å². The molecule has 0 N–H and O–H groups in total. The summed E-state index contributed by atoms with van der Waals surface area (Å²) in [6.45, 7) is 10.8. The van der Waals surface area contributed by atoms with Gasteiger partial charge in [0.1, 0.15) is 17.0 Å². The molecule has 2 aromatic heterocycles. The molecule has 0 radical (unpaired) electrons. The molecule has 2 heterocycles. The lowest BCUT2D eigenvalue weighted by atomic mass is 9.92. The number of nitrogens with zero attached hydrogens (tertiary/aromatic N) is 2. The third-order valence-electron chi connectivity index (χ3n) is 8.52. The minimum Gasteiger partial charge on any atom is -0.455 e. The molecule has 0 atom stereocenters. The van der Waals surface area contributed by atoms with Gasteiger partial charge < -0.3 is 4.42 Å². The van der Waals surface area contributed by atoms with Crippen LogP contribution < -0.4 is 0 Å². The first-order valence-electron chi connectivity index (χ1n) is 19.3. The number of fused-ring (bicyclic) bond motifs is 4. The summed E-state index contributed by atoms with van der Waals surface area (Å²) in [5, 5.41) is 1.40. The molecule has 0 aliphatic carbocycles. The summed E-state index contributed by atoms with van der Waals surface area (Å²) in [4.78, 5) is 5.15. The lowest BCUT2D eigenvalue weighted by molar-refractivity contribution is 0.666. The summed E-state index contributed by atoms with van der Waals surface area (Å²) in [6.07, 6.45) is 0.